The van der Waals surface area contributed by atoms with Crippen LogP contribution in [0.15, 0.2) is 51.8 Å². The fourth-order valence-corrected chi connectivity index (χ4v) is 6.01. The van der Waals surface area contributed by atoms with Gasteiger partial charge in [-0.1, -0.05) is 38.1 Å². The van der Waals surface area contributed by atoms with Crippen LogP contribution >= 0.6 is 0 Å². The highest BCUT2D eigenvalue weighted by atomic mass is 32.2. The molecule has 0 fully saturated rings. The molecule has 192 valence electrons. The summed E-state index contributed by atoms with van der Waals surface area (Å²) in [5.74, 6) is 1.37. The molecule has 0 radical (unpaired) electrons. The Kier molecular flexibility index (Phi) is 6.89. The highest BCUT2D eigenvalue weighted by Gasteiger charge is 2.31. The maximum Gasteiger partial charge on any atom is 0.286 e. The van der Waals surface area contributed by atoms with Gasteiger partial charge in [0.1, 0.15) is 22.0 Å². The van der Waals surface area contributed by atoms with Crippen LogP contribution < -0.4 is 19.5 Å². The third-order valence-electron chi connectivity index (χ3n) is 5.87. The van der Waals surface area contributed by atoms with Gasteiger partial charge in [0, 0.05) is 10.9 Å². The predicted octanol–water partition coefficient (Wildman–Crippen LogP) is 4.38. The molecule has 0 aliphatic carbocycles. The monoisotopic (exact) mass is 531 g/mol. The minimum Gasteiger partial charge on any atom is -0.496 e. The number of rotatable bonds is 8. The van der Waals surface area contributed by atoms with E-state index >= 15 is 0 Å². The maximum atomic E-state index is 13.2. The van der Waals surface area contributed by atoms with Crippen LogP contribution in [0.4, 0.5) is 11.4 Å². The number of hydrogen-bond acceptors (Lipinski definition) is 7. The fraction of sp³-hybridized carbons (Fsp3) is 0.320. The van der Waals surface area contributed by atoms with Crippen molar-refractivity contribution >= 4 is 48.0 Å². The number of hydrogen-bond donors (Lipinski definition) is 2. The lowest BCUT2D eigenvalue weighted by Gasteiger charge is -2.25. The Balaban J connectivity index is 1.97. The molecule has 3 aromatic carbocycles. The molecule has 3 aromatic rings. The van der Waals surface area contributed by atoms with Crippen LogP contribution in [0, 0.1) is 5.92 Å². The standard InChI is InChI=1S/C25H29N3O6S2/c1-15(2)10-12-19-17-8-6-7-9-18(17)23(33-3)22(24(19)34-4)25-26-20-14-16(27-35(5,29)30)11-13-21(20)36(31,32)28-25/h6-9,11,13-15,27H,10,12H2,1-5H3,(H,26,28). The van der Waals surface area contributed by atoms with Crippen LogP contribution in [0.25, 0.3) is 10.8 Å². The Morgan fingerprint density at radius 2 is 1.69 bits per heavy atom. The summed E-state index contributed by atoms with van der Waals surface area (Å²) in [7, 11) is -4.62. The number of anilines is 2. The van der Waals surface area contributed by atoms with Crippen molar-refractivity contribution in [1.82, 2.24) is 0 Å². The molecule has 0 unspecified atom stereocenters. The predicted molar refractivity (Wildman–Crippen MR) is 142 cm³/mol. The van der Waals surface area contributed by atoms with E-state index in [1.165, 1.54) is 32.4 Å². The van der Waals surface area contributed by atoms with Crippen LogP contribution in [0.3, 0.4) is 0 Å². The molecule has 1 aliphatic heterocycles. The van der Waals surface area contributed by atoms with Crippen LogP contribution in [-0.4, -0.2) is 43.1 Å². The van der Waals surface area contributed by atoms with E-state index in [1.807, 2.05) is 24.3 Å². The summed E-state index contributed by atoms with van der Waals surface area (Å²) in [6.45, 7) is 4.27. The second kappa shape index (κ2) is 9.62. The van der Waals surface area contributed by atoms with Crippen molar-refractivity contribution in [2.24, 2.45) is 10.3 Å². The molecule has 1 aliphatic rings. The van der Waals surface area contributed by atoms with Crippen LogP contribution in [-0.2, 0) is 26.5 Å². The van der Waals surface area contributed by atoms with Crippen LogP contribution in [0.5, 0.6) is 11.5 Å². The normalized spacial score (nSPS) is 14.7. The number of benzene rings is 3. The zero-order valence-electron chi connectivity index (χ0n) is 20.7. The second-order valence-corrected chi connectivity index (χ2v) is 12.3. The number of ether oxygens (including phenoxy) is 2. The Morgan fingerprint density at radius 1 is 1.03 bits per heavy atom. The molecule has 0 saturated heterocycles. The molecular formula is C25H29N3O6S2. The molecule has 0 spiro atoms. The van der Waals surface area contributed by atoms with Gasteiger partial charge in [-0.15, -0.1) is 4.40 Å². The van der Waals surface area contributed by atoms with E-state index in [0.717, 1.165) is 29.0 Å². The Bertz CT molecular complexity index is 1580. The van der Waals surface area contributed by atoms with Gasteiger partial charge in [-0.25, -0.2) is 8.42 Å². The molecule has 1 heterocycles. The summed E-state index contributed by atoms with van der Waals surface area (Å²) in [5.41, 5.74) is 1.72. The van der Waals surface area contributed by atoms with E-state index in [4.69, 9.17) is 9.47 Å². The maximum absolute atomic E-state index is 13.2. The van der Waals surface area contributed by atoms with E-state index < -0.39 is 20.0 Å². The molecule has 36 heavy (non-hydrogen) atoms. The van der Waals surface area contributed by atoms with Gasteiger partial charge in [-0.05, 0) is 42.3 Å². The topological polar surface area (TPSA) is 123 Å². The number of methoxy groups -OCH3 is 2. The highest BCUT2D eigenvalue weighted by molar-refractivity contribution is 7.92. The summed E-state index contributed by atoms with van der Waals surface area (Å²) in [5, 5.41) is 4.83. The van der Waals surface area contributed by atoms with Crippen molar-refractivity contribution in [3.8, 4) is 11.5 Å². The van der Waals surface area contributed by atoms with Gasteiger partial charge in [0.2, 0.25) is 10.0 Å². The smallest absolute Gasteiger partial charge is 0.286 e. The minimum absolute atomic E-state index is 0.0317. The van der Waals surface area contributed by atoms with Gasteiger partial charge >= 0.3 is 0 Å². The van der Waals surface area contributed by atoms with Crippen LogP contribution in [0.2, 0.25) is 0 Å². The first-order valence-electron chi connectivity index (χ1n) is 11.3. The van der Waals surface area contributed by atoms with E-state index in [0.29, 0.717) is 29.4 Å². The summed E-state index contributed by atoms with van der Waals surface area (Å²) in [6.07, 6.45) is 2.62. The number of sulfonamides is 2. The van der Waals surface area contributed by atoms with Gasteiger partial charge in [0.25, 0.3) is 10.0 Å². The van der Waals surface area contributed by atoms with Crippen molar-refractivity contribution in [2.45, 2.75) is 31.6 Å². The summed E-state index contributed by atoms with van der Waals surface area (Å²) >= 11 is 0. The third-order valence-corrected chi connectivity index (χ3v) is 7.81. The first kappa shape index (κ1) is 25.8. The van der Waals surface area contributed by atoms with Gasteiger partial charge in [0.15, 0.2) is 5.84 Å². The summed E-state index contributed by atoms with van der Waals surface area (Å²) in [6, 6.07) is 11.8. The first-order valence-corrected chi connectivity index (χ1v) is 14.7. The average molecular weight is 532 g/mol. The Hall–Kier alpha value is -3.31. The van der Waals surface area contributed by atoms with Crippen molar-refractivity contribution in [2.75, 3.05) is 30.5 Å². The lowest BCUT2D eigenvalue weighted by atomic mass is 9.92. The van der Waals surface area contributed by atoms with Gasteiger partial charge < -0.3 is 14.8 Å². The average Bonchev–Trinajstić information content (AvgIpc) is 2.79. The zero-order valence-corrected chi connectivity index (χ0v) is 22.4. The molecular weight excluding hydrogens is 502 g/mol. The van der Waals surface area contributed by atoms with Gasteiger partial charge in [-0.3, -0.25) is 4.72 Å². The highest BCUT2D eigenvalue weighted by Crippen LogP contribution is 2.44. The summed E-state index contributed by atoms with van der Waals surface area (Å²) < 4.78 is 67.9. The Labute approximate surface area is 211 Å². The lowest BCUT2D eigenvalue weighted by molar-refractivity contribution is 0.392. The number of nitrogens with zero attached hydrogens (tertiary/aromatic N) is 1. The summed E-state index contributed by atoms with van der Waals surface area (Å²) in [4.78, 5) is -0.0657. The molecule has 0 bridgehead atoms. The molecule has 0 aromatic heterocycles. The number of aryl methyl sites for hydroxylation is 1. The van der Waals surface area contributed by atoms with Crippen molar-refractivity contribution in [1.29, 1.82) is 0 Å². The number of fused-ring (bicyclic) bond motifs is 2. The molecule has 0 amide bonds. The molecule has 11 heteroatoms. The van der Waals surface area contributed by atoms with Crippen LogP contribution in [0.1, 0.15) is 31.4 Å². The minimum atomic E-state index is -4.10. The Morgan fingerprint density at radius 3 is 2.31 bits per heavy atom. The van der Waals surface area contributed by atoms with Crippen molar-refractivity contribution in [3.63, 3.8) is 0 Å². The van der Waals surface area contributed by atoms with E-state index in [2.05, 4.69) is 28.3 Å². The largest absolute Gasteiger partial charge is 0.496 e. The molecule has 2 N–H and O–H groups in total. The molecule has 0 atom stereocenters. The lowest BCUT2D eigenvalue weighted by Crippen LogP contribution is -2.24. The first-order chi connectivity index (χ1) is 16.9. The quantitative estimate of drug-likeness (QED) is 0.442. The molecule has 9 nitrogen and oxygen atoms in total. The molecule has 0 saturated carbocycles. The third kappa shape index (κ3) is 4.98. The van der Waals surface area contributed by atoms with Gasteiger partial charge in [0.05, 0.1) is 31.9 Å². The zero-order chi connectivity index (χ0) is 26.3. The molecule has 4 rings (SSSR count). The van der Waals surface area contributed by atoms with Crippen molar-refractivity contribution < 1.29 is 26.3 Å². The van der Waals surface area contributed by atoms with Gasteiger partial charge in [-0.2, -0.15) is 8.42 Å². The van der Waals surface area contributed by atoms with E-state index in [-0.39, 0.29) is 22.1 Å². The number of nitrogens with one attached hydrogen (secondary N) is 2. The fourth-order valence-electron chi connectivity index (χ4n) is 4.35. The van der Waals surface area contributed by atoms with E-state index in [1.54, 1.807) is 0 Å². The van der Waals surface area contributed by atoms with E-state index in [9.17, 15) is 16.8 Å². The second-order valence-electron chi connectivity index (χ2n) is 9.02. The van der Waals surface area contributed by atoms with Crippen molar-refractivity contribution in [3.05, 3.63) is 53.6 Å². The number of amidine groups is 1. The SMILES string of the molecule is COc1c(C2=NS(=O)(=O)c3ccc(NS(C)(=O)=O)cc3N2)c(OC)c2ccccc2c1CCC(C)C.